The molecule has 3 saturated heterocycles. The molecule has 196 valence electrons. The molecule has 35 heavy (non-hydrogen) atoms. The second-order valence-electron chi connectivity index (χ2n) is 10.6. The van der Waals surface area contributed by atoms with Crippen molar-refractivity contribution in [3.8, 4) is 0 Å². The van der Waals surface area contributed by atoms with Gasteiger partial charge in [-0.25, -0.2) is 0 Å². The van der Waals surface area contributed by atoms with E-state index in [1.807, 2.05) is 13.8 Å². The fourth-order valence-electron chi connectivity index (χ4n) is 5.69. The second kappa shape index (κ2) is 11.5. The summed E-state index contributed by atoms with van der Waals surface area (Å²) < 4.78 is 12.2. The van der Waals surface area contributed by atoms with Crippen LogP contribution in [-0.4, -0.2) is 88.7 Å². The SMILES string of the molecule is CSC1O[C@H]([C@H](NC(=O)[C@H]2NC[C@@H]3CC(c4ccc(C)cc4)CCO[C@H]32)C(C)C)C(O)C(O)[C@H]1O. The number of hydrogen-bond acceptors (Lipinski definition) is 8. The van der Waals surface area contributed by atoms with Crippen LogP contribution in [0.2, 0.25) is 0 Å². The van der Waals surface area contributed by atoms with Gasteiger partial charge < -0.3 is 35.4 Å². The lowest BCUT2D eigenvalue weighted by molar-refractivity contribution is -0.208. The standard InChI is InChI=1S/C26H40N2O6S/c1-13(2)18(24-21(30)20(29)22(31)26(34-24)35-4)28-25(32)19-23-17(12-27-19)11-16(9-10-33-23)15-7-5-14(3)6-8-15/h5-8,13,16-24,26-27,29-31H,9-12H2,1-4H3,(H,28,32)/t16?,17-,18+,19-,20?,21?,22+,23+,24+,26?/m0/s1. The normalized spacial score (nSPS) is 38.6. The Morgan fingerprint density at radius 2 is 1.86 bits per heavy atom. The Hall–Kier alpha value is -1.20. The summed E-state index contributed by atoms with van der Waals surface area (Å²) in [5, 5.41) is 37.7. The molecule has 3 heterocycles. The Morgan fingerprint density at radius 3 is 2.51 bits per heavy atom. The summed E-state index contributed by atoms with van der Waals surface area (Å²) in [5.74, 6) is 0.370. The molecule has 0 bridgehead atoms. The van der Waals surface area contributed by atoms with E-state index < -0.39 is 41.9 Å². The van der Waals surface area contributed by atoms with E-state index in [1.54, 1.807) is 6.26 Å². The zero-order chi connectivity index (χ0) is 25.3. The van der Waals surface area contributed by atoms with Crippen LogP contribution < -0.4 is 10.6 Å². The molecular weight excluding hydrogens is 468 g/mol. The maximum absolute atomic E-state index is 13.5. The molecule has 1 aromatic carbocycles. The van der Waals surface area contributed by atoms with Crippen LogP contribution in [0.4, 0.5) is 0 Å². The minimum absolute atomic E-state index is 0.0679. The number of nitrogens with one attached hydrogen (secondary N) is 2. The first-order valence-corrected chi connectivity index (χ1v) is 13.9. The highest BCUT2D eigenvalue weighted by molar-refractivity contribution is 7.99. The summed E-state index contributed by atoms with van der Waals surface area (Å²) in [5.41, 5.74) is 1.88. The predicted octanol–water partition coefficient (Wildman–Crippen LogP) is 1.16. The van der Waals surface area contributed by atoms with Crippen LogP contribution in [0.1, 0.15) is 43.7 Å². The van der Waals surface area contributed by atoms with Gasteiger partial charge in [-0.1, -0.05) is 43.7 Å². The van der Waals surface area contributed by atoms with Crippen LogP contribution in [0.25, 0.3) is 0 Å². The fraction of sp³-hybridized carbons (Fsp3) is 0.731. The first-order valence-electron chi connectivity index (χ1n) is 12.7. The van der Waals surface area contributed by atoms with Crippen molar-refractivity contribution in [2.45, 2.75) is 87.6 Å². The summed E-state index contributed by atoms with van der Waals surface area (Å²) in [6.07, 6.45) is -1.25. The van der Waals surface area contributed by atoms with E-state index in [-0.39, 0.29) is 23.8 Å². The Bertz CT molecular complexity index is 853. The number of benzene rings is 1. The van der Waals surface area contributed by atoms with Gasteiger partial charge in [0.1, 0.15) is 35.9 Å². The third-order valence-corrected chi connectivity index (χ3v) is 8.66. The monoisotopic (exact) mass is 508 g/mol. The Kier molecular flexibility index (Phi) is 8.79. The molecular formula is C26H40N2O6S. The highest BCUT2D eigenvalue weighted by atomic mass is 32.2. The maximum atomic E-state index is 13.5. The summed E-state index contributed by atoms with van der Waals surface area (Å²) in [4.78, 5) is 13.5. The lowest BCUT2D eigenvalue weighted by Crippen LogP contribution is -2.65. The highest BCUT2D eigenvalue weighted by Crippen LogP contribution is 2.36. The molecule has 0 spiro atoms. The number of carbonyl (C=O) groups is 1. The zero-order valence-corrected chi connectivity index (χ0v) is 21.8. The molecule has 3 aliphatic heterocycles. The summed E-state index contributed by atoms with van der Waals surface area (Å²) in [7, 11) is 0. The molecule has 4 unspecified atom stereocenters. The molecule has 10 atom stereocenters. The van der Waals surface area contributed by atoms with Gasteiger partial charge in [0.05, 0.1) is 12.1 Å². The number of amides is 1. The molecule has 0 aromatic heterocycles. The van der Waals surface area contributed by atoms with Gasteiger partial charge in [-0.3, -0.25) is 4.79 Å². The van der Waals surface area contributed by atoms with Crippen molar-refractivity contribution in [3.05, 3.63) is 35.4 Å². The summed E-state index contributed by atoms with van der Waals surface area (Å²) >= 11 is 1.26. The number of ether oxygens (including phenoxy) is 2. The molecule has 4 rings (SSSR count). The molecule has 1 amide bonds. The van der Waals surface area contributed by atoms with Crippen molar-refractivity contribution < 1.29 is 29.6 Å². The van der Waals surface area contributed by atoms with Crippen LogP contribution >= 0.6 is 11.8 Å². The first kappa shape index (κ1) is 26.9. The van der Waals surface area contributed by atoms with Gasteiger partial charge in [-0.15, -0.1) is 11.8 Å². The number of aliphatic hydroxyl groups excluding tert-OH is 3. The summed E-state index contributed by atoms with van der Waals surface area (Å²) in [6, 6.07) is 7.65. The van der Waals surface area contributed by atoms with Gasteiger partial charge in [0.25, 0.3) is 0 Å². The van der Waals surface area contributed by atoms with Crippen molar-refractivity contribution in [1.82, 2.24) is 10.6 Å². The zero-order valence-electron chi connectivity index (χ0n) is 21.0. The fourth-order valence-corrected chi connectivity index (χ4v) is 6.37. The number of aliphatic hydroxyl groups is 3. The molecule has 0 radical (unpaired) electrons. The number of fused-ring (bicyclic) bond motifs is 1. The van der Waals surface area contributed by atoms with Crippen molar-refractivity contribution in [1.29, 1.82) is 0 Å². The predicted molar refractivity (Wildman–Crippen MR) is 135 cm³/mol. The van der Waals surface area contributed by atoms with E-state index in [4.69, 9.17) is 9.47 Å². The molecule has 0 saturated carbocycles. The highest BCUT2D eigenvalue weighted by Gasteiger charge is 2.49. The second-order valence-corrected chi connectivity index (χ2v) is 11.5. The van der Waals surface area contributed by atoms with Crippen molar-refractivity contribution in [2.24, 2.45) is 11.8 Å². The average Bonchev–Trinajstić information content (AvgIpc) is 3.12. The smallest absolute Gasteiger partial charge is 0.240 e. The molecule has 0 aliphatic carbocycles. The van der Waals surface area contributed by atoms with Gasteiger partial charge in [0, 0.05) is 19.1 Å². The van der Waals surface area contributed by atoms with Crippen LogP contribution in [0.15, 0.2) is 24.3 Å². The van der Waals surface area contributed by atoms with Crippen LogP contribution in [0.3, 0.4) is 0 Å². The Balaban J connectivity index is 1.44. The van der Waals surface area contributed by atoms with Crippen LogP contribution in [0, 0.1) is 18.8 Å². The van der Waals surface area contributed by atoms with Gasteiger partial charge in [0.15, 0.2) is 0 Å². The van der Waals surface area contributed by atoms with E-state index in [1.165, 1.54) is 22.9 Å². The average molecular weight is 509 g/mol. The molecule has 9 heteroatoms. The van der Waals surface area contributed by atoms with Gasteiger partial charge in [-0.05, 0) is 43.4 Å². The van der Waals surface area contributed by atoms with Crippen molar-refractivity contribution >= 4 is 17.7 Å². The number of rotatable bonds is 6. The van der Waals surface area contributed by atoms with E-state index in [0.717, 1.165) is 12.8 Å². The Morgan fingerprint density at radius 1 is 1.14 bits per heavy atom. The number of aryl methyl sites for hydroxylation is 1. The lowest BCUT2D eigenvalue weighted by Gasteiger charge is -2.44. The summed E-state index contributed by atoms with van der Waals surface area (Å²) in [6.45, 7) is 7.27. The van der Waals surface area contributed by atoms with E-state index in [0.29, 0.717) is 19.1 Å². The first-order chi connectivity index (χ1) is 16.7. The Labute approximate surface area is 212 Å². The van der Waals surface area contributed by atoms with Crippen LogP contribution in [-0.2, 0) is 14.3 Å². The third kappa shape index (κ3) is 5.71. The largest absolute Gasteiger partial charge is 0.388 e. The number of carbonyl (C=O) groups excluding carboxylic acids is 1. The van der Waals surface area contributed by atoms with E-state index >= 15 is 0 Å². The minimum atomic E-state index is -1.35. The van der Waals surface area contributed by atoms with Crippen molar-refractivity contribution in [2.75, 3.05) is 19.4 Å². The maximum Gasteiger partial charge on any atom is 0.240 e. The molecule has 8 nitrogen and oxygen atoms in total. The molecule has 5 N–H and O–H groups in total. The van der Waals surface area contributed by atoms with Crippen molar-refractivity contribution in [3.63, 3.8) is 0 Å². The van der Waals surface area contributed by atoms with E-state index in [2.05, 4.69) is 41.8 Å². The van der Waals surface area contributed by atoms with Gasteiger partial charge in [-0.2, -0.15) is 0 Å². The number of thioether (sulfide) groups is 1. The van der Waals surface area contributed by atoms with Gasteiger partial charge in [0.2, 0.25) is 5.91 Å². The third-order valence-electron chi connectivity index (χ3n) is 7.81. The minimum Gasteiger partial charge on any atom is -0.388 e. The van der Waals surface area contributed by atoms with Crippen LogP contribution in [0.5, 0.6) is 0 Å². The molecule has 3 fully saturated rings. The van der Waals surface area contributed by atoms with Gasteiger partial charge >= 0.3 is 0 Å². The lowest BCUT2D eigenvalue weighted by atomic mass is 9.85. The molecule has 3 aliphatic rings. The van der Waals surface area contributed by atoms with E-state index in [9.17, 15) is 20.1 Å². The number of hydrogen-bond donors (Lipinski definition) is 5. The molecule has 1 aromatic rings. The quantitative estimate of drug-likeness (QED) is 0.388. The topological polar surface area (TPSA) is 120 Å².